The van der Waals surface area contributed by atoms with Crippen LogP contribution in [0.25, 0.3) is 0 Å². The molecule has 0 amide bonds. The second kappa shape index (κ2) is 4.83. The highest BCUT2D eigenvalue weighted by Gasteiger charge is 1.89. The highest BCUT2D eigenvalue weighted by Crippen LogP contribution is 1.96. The van der Waals surface area contributed by atoms with Crippen LogP contribution in [0.3, 0.4) is 0 Å². The third-order valence-corrected chi connectivity index (χ3v) is 1.78. The molecule has 0 aliphatic heterocycles. The quantitative estimate of drug-likeness (QED) is 0.580. The molecule has 0 atom stereocenters. The predicted molar refractivity (Wildman–Crippen MR) is 60.3 cm³/mol. The molecule has 6 nitrogen and oxygen atoms in total. The Bertz CT molecular complexity index is 534. The van der Waals surface area contributed by atoms with Gasteiger partial charge in [0, 0.05) is 18.6 Å². The number of hydrogen-bond donors (Lipinski definition) is 2. The lowest BCUT2D eigenvalue weighted by atomic mass is 10.3. The molecule has 0 bridgehead atoms. The second-order valence-electron chi connectivity index (χ2n) is 2.94. The number of rotatable bonds is 3. The Morgan fingerprint density at radius 2 is 2.06 bits per heavy atom. The largest absolute Gasteiger partial charge is 0.346 e. The van der Waals surface area contributed by atoms with Gasteiger partial charge in [-0.15, -0.1) is 0 Å². The number of nitrogens with one attached hydrogen (secondary N) is 2. The first kappa shape index (κ1) is 10.0. The number of nitrogens with zero attached hydrogens (tertiary/aromatic N) is 3. The topological polar surface area (TPSA) is 83.0 Å². The summed E-state index contributed by atoms with van der Waals surface area (Å²) in [4.78, 5) is 20.7. The van der Waals surface area contributed by atoms with Crippen LogP contribution in [0.2, 0.25) is 0 Å². The maximum Gasteiger partial charge on any atom is 0.346 e. The molecule has 2 heterocycles. The molecule has 2 aromatic heterocycles. The van der Waals surface area contributed by atoms with Crippen molar-refractivity contribution in [2.75, 3.05) is 5.43 Å². The van der Waals surface area contributed by atoms with Gasteiger partial charge in [-0.3, -0.25) is 15.4 Å². The van der Waals surface area contributed by atoms with E-state index in [2.05, 4.69) is 25.5 Å². The van der Waals surface area contributed by atoms with Crippen LogP contribution in [0.4, 0.5) is 5.82 Å². The molecular weight excluding hydrogens is 206 g/mol. The maximum absolute atomic E-state index is 10.9. The van der Waals surface area contributed by atoms with E-state index < -0.39 is 5.69 Å². The van der Waals surface area contributed by atoms with Gasteiger partial charge in [0.15, 0.2) is 0 Å². The fraction of sp³-hybridized carbons (Fsp3) is 0. The second-order valence-corrected chi connectivity index (χ2v) is 2.94. The molecule has 2 N–H and O–H groups in total. The van der Waals surface area contributed by atoms with Crippen LogP contribution < -0.4 is 11.1 Å². The van der Waals surface area contributed by atoms with Crippen molar-refractivity contribution in [2.45, 2.75) is 0 Å². The molecule has 2 aromatic rings. The molecule has 6 heteroatoms. The van der Waals surface area contributed by atoms with Crippen molar-refractivity contribution in [1.29, 1.82) is 0 Å². The van der Waals surface area contributed by atoms with E-state index in [-0.39, 0.29) is 0 Å². The summed E-state index contributed by atoms with van der Waals surface area (Å²) in [6.07, 6.45) is 6.38. The third-order valence-electron chi connectivity index (χ3n) is 1.78. The molecule has 0 spiro atoms. The van der Waals surface area contributed by atoms with E-state index in [0.717, 1.165) is 5.56 Å². The summed E-state index contributed by atoms with van der Waals surface area (Å²) in [5.41, 5.74) is 3.19. The highest BCUT2D eigenvalue weighted by atomic mass is 16.1. The van der Waals surface area contributed by atoms with Gasteiger partial charge in [0.1, 0.15) is 5.82 Å². The molecule has 0 saturated heterocycles. The van der Waals surface area contributed by atoms with Crippen molar-refractivity contribution < 1.29 is 0 Å². The number of hydrazone groups is 1. The molecule has 0 saturated carbocycles. The first-order valence-electron chi connectivity index (χ1n) is 4.59. The van der Waals surface area contributed by atoms with Gasteiger partial charge >= 0.3 is 5.69 Å². The Morgan fingerprint density at radius 1 is 1.25 bits per heavy atom. The molecule has 16 heavy (non-hydrogen) atoms. The first-order chi connectivity index (χ1) is 7.84. The smallest absolute Gasteiger partial charge is 0.291 e. The van der Waals surface area contributed by atoms with Crippen molar-refractivity contribution in [1.82, 2.24) is 15.0 Å². The summed E-state index contributed by atoms with van der Waals surface area (Å²) in [5.74, 6) is 0.491. The zero-order valence-corrected chi connectivity index (χ0v) is 8.29. The molecule has 0 aromatic carbocycles. The minimum Gasteiger partial charge on any atom is -0.291 e. The van der Waals surface area contributed by atoms with E-state index in [0.29, 0.717) is 5.82 Å². The number of pyridine rings is 1. The number of hydrogen-bond acceptors (Lipinski definition) is 5. The summed E-state index contributed by atoms with van der Waals surface area (Å²) in [6, 6.07) is 5.26. The third kappa shape index (κ3) is 2.74. The van der Waals surface area contributed by atoms with Crippen molar-refractivity contribution in [3.05, 3.63) is 52.8 Å². The van der Waals surface area contributed by atoms with E-state index in [9.17, 15) is 4.79 Å². The van der Waals surface area contributed by atoms with Crippen LogP contribution in [0.1, 0.15) is 5.56 Å². The van der Waals surface area contributed by atoms with Gasteiger partial charge in [-0.25, -0.2) is 9.78 Å². The number of aromatic nitrogens is 3. The molecule has 0 aliphatic rings. The number of anilines is 1. The monoisotopic (exact) mass is 215 g/mol. The van der Waals surface area contributed by atoms with Crippen molar-refractivity contribution in [3.8, 4) is 0 Å². The fourth-order valence-corrected chi connectivity index (χ4v) is 1.06. The summed E-state index contributed by atoms with van der Waals surface area (Å²) in [7, 11) is 0. The van der Waals surface area contributed by atoms with Gasteiger partial charge in [0.25, 0.3) is 0 Å². The Labute approximate surface area is 91.1 Å². The molecule has 80 valence electrons. The van der Waals surface area contributed by atoms with Crippen molar-refractivity contribution in [3.63, 3.8) is 0 Å². The van der Waals surface area contributed by atoms with Crippen molar-refractivity contribution in [2.24, 2.45) is 5.10 Å². The van der Waals surface area contributed by atoms with E-state index >= 15 is 0 Å². The lowest BCUT2D eigenvalue weighted by molar-refractivity contribution is 1.06. The molecule has 0 aliphatic carbocycles. The molecule has 0 unspecified atom stereocenters. The average Bonchev–Trinajstić information content (AvgIpc) is 2.30. The lowest BCUT2D eigenvalue weighted by Gasteiger charge is -1.97. The lowest BCUT2D eigenvalue weighted by Crippen LogP contribution is -2.10. The summed E-state index contributed by atoms with van der Waals surface area (Å²) < 4.78 is 0. The minimum atomic E-state index is -0.413. The van der Waals surface area contributed by atoms with Crippen LogP contribution in [0.5, 0.6) is 0 Å². The first-order valence-corrected chi connectivity index (χ1v) is 4.59. The zero-order chi connectivity index (χ0) is 11.2. The van der Waals surface area contributed by atoms with Gasteiger partial charge in [-0.1, -0.05) is 0 Å². The maximum atomic E-state index is 10.9. The zero-order valence-electron chi connectivity index (χ0n) is 8.29. The van der Waals surface area contributed by atoms with Crippen LogP contribution in [0, 0.1) is 0 Å². The number of H-pyrrole nitrogens is 1. The van der Waals surface area contributed by atoms with Gasteiger partial charge in [-0.2, -0.15) is 5.10 Å². The standard InChI is InChI=1S/C10H9N5O/c16-10-12-6-3-9(14-10)15-13-7-8-1-4-11-5-2-8/h1-7H,(H2,12,14,15,16)/b13-7-. The average molecular weight is 215 g/mol. The minimum absolute atomic E-state index is 0.413. The van der Waals surface area contributed by atoms with Gasteiger partial charge in [0.2, 0.25) is 0 Å². The Balaban J connectivity index is 2.03. The van der Waals surface area contributed by atoms with E-state index in [1.807, 2.05) is 12.1 Å². The van der Waals surface area contributed by atoms with E-state index in [1.165, 1.54) is 6.20 Å². The molecule has 0 fully saturated rings. The van der Waals surface area contributed by atoms with Crippen LogP contribution in [0.15, 0.2) is 46.7 Å². The Kier molecular flexibility index (Phi) is 3.03. The van der Waals surface area contributed by atoms with Gasteiger partial charge in [-0.05, 0) is 23.8 Å². The molecular formula is C10H9N5O. The van der Waals surface area contributed by atoms with Gasteiger partial charge in [0.05, 0.1) is 6.21 Å². The SMILES string of the molecule is O=c1nccc(N/N=C\c2ccncc2)[nH]1. The highest BCUT2D eigenvalue weighted by molar-refractivity contribution is 5.79. The van der Waals surface area contributed by atoms with E-state index in [1.54, 1.807) is 24.7 Å². The van der Waals surface area contributed by atoms with Crippen LogP contribution >= 0.6 is 0 Å². The van der Waals surface area contributed by atoms with Crippen LogP contribution in [-0.2, 0) is 0 Å². The predicted octanol–water partition coefficient (Wildman–Crippen LogP) is 0.611. The fourth-order valence-electron chi connectivity index (χ4n) is 1.06. The Morgan fingerprint density at radius 3 is 2.81 bits per heavy atom. The molecule has 0 radical (unpaired) electrons. The number of aromatic amines is 1. The molecule has 2 rings (SSSR count). The summed E-state index contributed by atoms with van der Waals surface area (Å²) in [6.45, 7) is 0. The van der Waals surface area contributed by atoms with E-state index in [4.69, 9.17) is 0 Å². The van der Waals surface area contributed by atoms with Crippen molar-refractivity contribution >= 4 is 12.0 Å². The van der Waals surface area contributed by atoms with Crippen LogP contribution in [-0.4, -0.2) is 21.2 Å². The summed E-state index contributed by atoms with van der Waals surface area (Å²) in [5, 5.41) is 3.95. The van der Waals surface area contributed by atoms with Gasteiger partial charge < -0.3 is 0 Å². The Hall–Kier alpha value is -2.50. The normalized spacial score (nSPS) is 10.5. The summed E-state index contributed by atoms with van der Waals surface area (Å²) >= 11 is 0.